The maximum absolute atomic E-state index is 13.8. The van der Waals surface area contributed by atoms with Gasteiger partial charge in [0.15, 0.2) is 5.69 Å². The summed E-state index contributed by atoms with van der Waals surface area (Å²) in [5.74, 6) is -0.152. The van der Waals surface area contributed by atoms with Gasteiger partial charge >= 0.3 is 6.18 Å². The summed E-state index contributed by atoms with van der Waals surface area (Å²) in [4.78, 5) is 24.7. The molecule has 3 aliphatic heterocycles. The van der Waals surface area contributed by atoms with Crippen molar-refractivity contribution in [3.05, 3.63) is 18.1 Å². The van der Waals surface area contributed by atoms with E-state index < -0.39 is 30.1 Å². The molecule has 0 spiro atoms. The summed E-state index contributed by atoms with van der Waals surface area (Å²) in [6.45, 7) is 1.63. The van der Waals surface area contributed by atoms with Crippen LogP contribution in [-0.4, -0.2) is 90.9 Å². The summed E-state index contributed by atoms with van der Waals surface area (Å²) in [5.41, 5.74) is -2.23. The number of halogens is 5. The molecular weight excluding hydrogens is 501 g/mol. The topological polar surface area (TPSA) is 79.8 Å². The minimum Gasteiger partial charge on any atom is -0.379 e. The Morgan fingerprint density at radius 1 is 1.27 bits per heavy atom. The summed E-state index contributed by atoms with van der Waals surface area (Å²) in [5, 5.41) is 3.54. The fraction of sp³-hybridized carbons (Fsp3) is 0.792. The monoisotopic (exact) mass is 533 g/mol. The first-order valence-corrected chi connectivity index (χ1v) is 12.7. The van der Waals surface area contributed by atoms with Crippen LogP contribution >= 0.6 is 0 Å². The molecule has 1 N–H and O–H groups in total. The second-order valence-electron chi connectivity index (χ2n) is 10.6. The Morgan fingerprint density at radius 2 is 2.08 bits per heavy atom. The predicted molar refractivity (Wildman–Crippen MR) is 122 cm³/mol. The average molecular weight is 534 g/mol. The van der Waals surface area contributed by atoms with Gasteiger partial charge in [0.25, 0.3) is 0 Å². The lowest BCUT2D eigenvalue weighted by molar-refractivity contribution is -0.146. The molecule has 0 aromatic carbocycles. The normalized spacial score (nSPS) is 34.1. The molecule has 4 aliphatic rings. The zero-order valence-electron chi connectivity index (χ0n) is 20.6. The summed E-state index contributed by atoms with van der Waals surface area (Å²) >= 11 is 0. The third-order valence-corrected chi connectivity index (χ3v) is 8.37. The first-order chi connectivity index (χ1) is 17.6. The van der Waals surface area contributed by atoms with E-state index in [4.69, 9.17) is 9.47 Å². The SMILES string of the molecule is CO[C@@H]1COCC[C@@H]1N[C@H]1CC[C@](CC(F)F)(C(=O)N2C[C@@H]3C[C@H]2CN3c2cncc(C(F)(F)F)n2)C1. The number of hydrogen-bond acceptors (Lipinski definition) is 7. The van der Waals surface area contributed by atoms with Gasteiger partial charge < -0.3 is 24.6 Å². The number of likely N-dealkylation sites (tertiary alicyclic amines) is 1. The minimum absolute atomic E-state index is 0.0335. The van der Waals surface area contributed by atoms with E-state index in [-0.39, 0.29) is 48.5 Å². The average Bonchev–Trinajstić information content (AvgIpc) is 3.58. The lowest BCUT2D eigenvalue weighted by Crippen LogP contribution is -2.54. The molecule has 2 bridgehead atoms. The van der Waals surface area contributed by atoms with E-state index in [1.807, 2.05) is 0 Å². The number of aromatic nitrogens is 2. The number of anilines is 1. The Bertz CT molecular complexity index is 984. The Balaban J connectivity index is 1.27. The van der Waals surface area contributed by atoms with Crippen LogP contribution in [-0.2, 0) is 20.4 Å². The molecule has 0 radical (unpaired) electrons. The third-order valence-electron chi connectivity index (χ3n) is 8.37. The lowest BCUT2D eigenvalue weighted by atomic mass is 9.80. The number of amides is 1. The van der Waals surface area contributed by atoms with Crippen LogP contribution in [0, 0.1) is 5.41 Å². The largest absolute Gasteiger partial charge is 0.434 e. The number of nitrogens with one attached hydrogen (secondary N) is 1. The fourth-order valence-corrected chi connectivity index (χ4v) is 6.60. The second kappa shape index (κ2) is 10.2. The van der Waals surface area contributed by atoms with Gasteiger partial charge in [0.1, 0.15) is 5.82 Å². The number of carbonyl (C=O) groups is 1. The maximum atomic E-state index is 13.8. The van der Waals surface area contributed by atoms with Crippen molar-refractivity contribution in [1.82, 2.24) is 20.2 Å². The van der Waals surface area contributed by atoms with Crippen molar-refractivity contribution in [2.45, 2.75) is 81.4 Å². The standard InChI is InChI=1S/C24H32F5N5O3/c1-36-18-13-37-5-3-17(18)31-14-2-4-23(7-14,8-20(25)26)22(35)34-12-15-6-16(34)11-33(15)21-10-30-9-19(32-21)24(27,28)29/h9-10,14-18,20,31H,2-8,11-13H2,1H3/t14-,15-,16-,17-,18+,23-/m0/s1. The Labute approximate surface area is 211 Å². The molecule has 3 saturated heterocycles. The van der Waals surface area contributed by atoms with Gasteiger partial charge in [-0.1, -0.05) is 0 Å². The van der Waals surface area contributed by atoms with Gasteiger partial charge in [0.2, 0.25) is 12.3 Å². The molecule has 4 fully saturated rings. The molecule has 5 rings (SSSR count). The van der Waals surface area contributed by atoms with Gasteiger partial charge in [-0.15, -0.1) is 0 Å². The smallest absolute Gasteiger partial charge is 0.379 e. The predicted octanol–water partition coefficient (Wildman–Crippen LogP) is 2.87. The first kappa shape index (κ1) is 26.5. The number of piperazine rings is 1. The van der Waals surface area contributed by atoms with Crippen LogP contribution in [0.15, 0.2) is 12.4 Å². The molecule has 6 atom stereocenters. The van der Waals surface area contributed by atoms with Crippen molar-refractivity contribution < 1.29 is 36.2 Å². The van der Waals surface area contributed by atoms with Crippen molar-refractivity contribution in [3.8, 4) is 0 Å². The van der Waals surface area contributed by atoms with Gasteiger partial charge in [-0.3, -0.25) is 9.78 Å². The van der Waals surface area contributed by atoms with Crippen molar-refractivity contribution in [1.29, 1.82) is 0 Å². The molecule has 13 heteroatoms. The van der Waals surface area contributed by atoms with Crippen molar-refractivity contribution >= 4 is 11.7 Å². The number of rotatable bonds is 7. The molecule has 0 unspecified atom stereocenters. The number of alkyl halides is 5. The maximum Gasteiger partial charge on any atom is 0.434 e. The van der Waals surface area contributed by atoms with E-state index in [0.29, 0.717) is 51.6 Å². The number of hydrogen-bond donors (Lipinski definition) is 1. The highest BCUT2D eigenvalue weighted by atomic mass is 19.4. The number of methoxy groups -OCH3 is 1. The van der Waals surface area contributed by atoms with E-state index in [9.17, 15) is 26.7 Å². The number of carbonyl (C=O) groups excluding carboxylic acids is 1. The summed E-state index contributed by atoms with van der Waals surface area (Å²) < 4.78 is 77.8. The quantitative estimate of drug-likeness (QED) is 0.540. The zero-order valence-corrected chi connectivity index (χ0v) is 20.6. The first-order valence-electron chi connectivity index (χ1n) is 12.7. The molecule has 1 saturated carbocycles. The minimum atomic E-state index is -4.60. The van der Waals surface area contributed by atoms with Crippen LogP contribution in [0.1, 0.15) is 44.2 Å². The Morgan fingerprint density at radius 3 is 2.76 bits per heavy atom. The highest BCUT2D eigenvalue weighted by Crippen LogP contribution is 2.47. The molecule has 1 aliphatic carbocycles. The molecule has 1 aromatic heterocycles. The van der Waals surface area contributed by atoms with E-state index in [0.717, 1.165) is 6.42 Å². The van der Waals surface area contributed by atoms with Crippen LogP contribution in [0.25, 0.3) is 0 Å². The van der Waals surface area contributed by atoms with Crippen molar-refractivity contribution in [2.75, 3.05) is 38.3 Å². The summed E-state index contributed by atoms with van der Waals surface area (Å²) in [6.07, 6.45) is -3.27. The lowest BCUT2D eigenvalue weighted by Gasteiger charge is -2.40. The molecule has 1 amide bonds. The third kappa shape index (κ3) is 5.26. The molecule has 1 aromatic rings. The highest BCUT2D eigenvalue weighted by Gasteiger charge is 2.54. The summed E-state index contributed by atoms with van der Waals surface area (Å²) in [7, 11) is 1.62. The molecule has 8 nitrogen and oxygen atoms in total. The van der Waals surface area contributed by atoms with Crippen LogP contribution in [0.4, 0.5) is 27.8 Å². The second-order valence-corrected chi connectivity index (χ2v) is 10.6. The van der Waals surface area contributed by atoms with E-state index in [1.165, 1.54) is 6.20 Å². The van der Waals surface area contributed by atoms with Crippen LogP contribution in [0.5, 0.6) is 0 Å². The van der Waals surface area contributed by atoms with Gasteiger partial charge in [-0.05, 0) is 32.1 Å². The van der Waals surface area contributed by atoms with Gasteiger partial charge in [0.05, 0.1) is 42.6 Å². The van der Waals surface area contributed by atoms with Crippen LogP contribution in [0.3, 0.4) is 0 Å². The molecule has 4 heterocycles. The van der Waals surface area contributed by atoms with E-state index in [1.54, 1.807) is 16.9 Å². The summed E-state index contributed by atoms with van der Waals surface area (Å²) in [6, 6.07) is -0.537. The number of fused-ring (bicyclic) bond motifs is 2. The molecular formula is C24H32F5N5O3. The number of ether oxygens (including phenoxy) is 2. The highest BCUT2D eigenvalue weighted by molar-refractivity contribution is 5.84. The van der Waals surface area contributed by atoms with E-state index >= 15 is 0 Å². The Kier molecular flexibility index (Phi) is 7.31. The fourth-order valence-electron chi connectivity index (χ4n) is 6.60. The number of nitrogens with zero attached hydrogens (tertiary/aromatic N) is 4. The Hall–Kier alpha value is -2.12. The zero-order chi connectivity index (χ0) is 26.4. The van der Waals surface area contributed by atoms with Crippen molar-refractivity contribution in [2.24, 2.45) is 5.41 Å². The van der Waals surface area contributed by atoms with Gasteiger partial charge in [-0.25, -0.2) is 13.8 Å². The van der Waals surface area contributed by atoms with Crippen molar-refractivity contribution in [3.63, 3.8) is 0 Å². The molecule has 37 heavy (non-hydrogen) atoms. The van der Waals surface area contributed by atoms with Crippen LogP contribution < -0.4 is 10.2 Å². The van der Waals surface area contributed by atoms with Crippen LogP contribution in [0.2, 0.25) is 0 Å². The molecule has 206 valence electrons. The van der Waals surface area contributed by atoms with Gasteiger partial charge in [-0.2, -0.15) is 13.2 Å². The van der Waals surface area contributed by atoms with E-state index in [2.05, 4.69) is 15.3 Å². The van der Waals surface area contributed by atoms with Gasteiger partial charge in [0, 0.05) is 45.3 Å².